The zero-order chi connectivity index (χ0) is 30.1. The van der Waals surface area contributed by atoms with Crippen molar-refractivity contribution in [2.75, 3.05) is 20.6 Å². The van der Waals surface area contributed by atoms with Crippen LogP contribution in [0.3, 0.4) is 0 Å². The van der Waals surface area contributed by atoms with Crippen LogP contribution in [0.4, 0.5) is 8.78 Å². The number of benzene rings is 3. The van der Waals surface area contributed by atoms with Crippen LogP contribution < -0.4 is 4.74 Å². The summed E-state index contributed by atoms with van der Waals surface area (Å²) in [6, 6.07) is 16.2. The lowest BCUT2D eigenvalue weighted by Crippen LogP contribution is -2.28. The molecule has 222 valence electrons. The Balaban J connectivity index is 1.17. The van der Waals surface area contributed by atoms with E-state index in [1.807, 2.05) is 55.2 Å². The molecule has 3 aromatic carbocycles. The molecule has 1 aliphatic carbocycles. The van der Waals surface area contributed by atoms with Crippen LogP contribution in [-0.4, -0.2) is 67.5 Å². The van der Waals surface area contributed by atoms with Gasteiger partial charge in [0, 0.05) is 18.2 Å². The third-order valence-electron chi connectivity index (χ3n) is 7.91. The molecule has 0 spiro atoms. The molecule has 2 heterocycles. The quantitative estimate of drug-likeness (QED) is 0.218. The van der Waals surface area contributed by atoms with Crippen molar-refractivity contribution < 1.29 is 23.4 Å². The molecule has 0 aliphatic heterocycles. The van der Waals surface area contributed by atoms with Gasteiger partial charge in [0.15, 0.2) is 11.6 Å². The van der Waals surface area contributed by atoms with Gasteiger partial charge in [-0.25, -0.2) is 13.8 Å². The highest BCUT2D eigenvalue weighted by Gasteiger charge is 2.28. The van der Waals surface area contributed by atoms with E-state index in [1.54, 1.807) is 18.5 Å². The van der Waals surface area contributed by atoms with Crippen molar-refractivity contribution in [2.45, 2.75) is 38.3 Å². The first-order valence-electron chi connectivity index (χ1n) is 14.3. The van der Waals surface area contributed by atoms with Gasteiger partial charge in [-0.15, -0.1) is 0 Å². The molecule has 1 fully saturated rings. The summed E-state index contributed by atoms with van der Waals surface area (Å²) in [6.45, 7) is 1.62. The number of hydrogen-bond donors (Lipinski definition) is 2. The largest absolute Gasteiger partial charge is 0.481 e. The molecular formula is C32H32F2N6O3. The highest BCUT2D eigenvalue weighted by molar-refractivity contribution is 5.84. The first-order valence-corrected chi connectivity index (χ1v) is 14.3. The summed E-state index contributed by atoms with van der Waals surface area (Å²) < 4.78 is 38.5. The molecule has 11 heteroatoms. The molecule has 2 N–H and O–H groups in total. The molecule has 9 nitrogen and oxygen atoms in total. The number of nitrogens with one attached hydrogen (secondary N) is 1. The SMILES string of the molecule is CN(C)CCn1cnc(-c2ccc(-c3ccc(-c4c(F)cc5[nH]c(OC6CCC(C(=O)O)CC6)nc5c4F)cc3)cc2)n1. The van der Waals surface area contributed by atoms with Crippen LogP contribution in [0.2, 0.25) is 0 Å². The predicted octanol–water partition coefficient (Wildman–Crippen LogP) is 6.02. The van der Waals surface area contributed by atoms with Crippen molar-refractivity contribution in [1.29, 1.82) is 0 Å². The number of imidazole rings is 1. The molecule has 2 aromatic heterocycles. The Kier molecular flexibility index (Phi) is 7.90. The maximum Gasteiger partial charge on any atom is 0.306 e. The zero-order valence-corrected chi connectivity index (χ0v) is 23.9. The van der Waals surface area contributed by atoms with Gasteiger partial charge in [0.25, 0.3) is 6.01 Å². The van der Waals surface area contributed by atoms with Crippen molar-refractivity contribution >= 4 is 17.0 Å². The molecule has 43 heavy (non-hydrogen) atoms. The Morgan fingerprint density at radius 3 is 2.26 bits per heavy atom. The average molecular weight is 587 g/mol. The second-order valence-electron chi connectivity index (χ2n) is 11.2. The maximum atomic E-state index is 15.6. The third kappa shape index (κ3) is 6.12. The van der Waals surface area contributed by atoms with E-state index in [-0.39, 0.29) is 34.6 Å². The van der Waals surface area contributed by atoms with Crippen molar-refractivity contribution in [3.05, 3.63) is 72.6 Å². The van der Waals surface area contributed by atoms with E-state index in [1.165, 1.54) is 6.07 Å². The Morgan fingerprint density at radius 2 is 1.63 bits per heavy atom. The van der Waals surface area contributed by atoms with Crippen LogP contribution in [0.1, 0.15) is 25.7 Å². The third-order valence-corrected chi connectivity index (χ3v) is 7.91. The maximum absolute atomic E-state index is 15.6. The number of ether oxygens (including phenoxy) is 1. The molecule has 1 aliphatic rings. The molecule has 0 atom stereocenters. The summed E-state index contributed by atoms with van der Waals surface area (Å²) in [5, 5.41) is 13.7. The summed E-state index contributed by atoms with van der Waals surface area (Å²) in [5.74, 6) is -2.01. The average Bonchev–Trinajstić information content (AvgIpc) is 3.64. The number of fused-ring (bicyclic) bond motifs is 1. The molecule has 1 saturated carbocycles. The molecule has 6 rings (SSSR count). The summed E-state index contributed by atoms with van der Waals surface area (Å²) in [6.07, 6.45) is 3.63. The minimum absolute atomic E-state index is 0.0111. The monoisotopic (exact) mass is 586 g/mol. The second kappa shape index (κ2) is 11.9. The number of carbonyl (C=O) groups is 1. The van der Waals surface area contributed by atoms with Crippen LogP contribution in [-0.2, 0) is 11.3 Å². The summed E-state index contributed by atoms with van der Waals surface area (Å²) in [7, 11) is 4.03. The van der Waals surface area contributed by atoms with Crippen molar-refractivity contribution in [3.8, 4) is 39.7 Å². The van der Waals surface area contributed by atoms with Gasteiger partial charge in [-0.05, 0) is 56.5 Å². The normalized spacial score (nSPS) is 17.0. The molecule has 0 saturated heterocycles. The molecule has 0 bridgehead atoms. The van der Waals surface area contributed by atoms with Crippen molar-refractivity contribution in [2.24, 2.45) is 5.92 Å². The van der Waals surface area contributed by atoms with E-state index in [9.17, 15) is 9.90 Å². The number of aromatic amines is 1. The smallest absolute Gasteiger partial charge is 0.306 e. The van der Waals surface area contributed by atoms with Crippen molar-refractivity contribution in [3.63, 3.8) is 0 Å². The van der Waals surface area contributed by atoms with Gasteiger partial charge in [-0.2, -0.15) is 10.1 Å². The Morgan fingerprint density at radius 1 is 1.00 bits per heavy atom. The lowest BCUT2D eigenvalue weighted by atomic mass is 9.87. The van der Waals surface area contributed by atoms with E-state index in [0.717, 1.165) is 29.8 Å². The fraction of sp³-hybridized carbons (Fsp3) is 0.312. The number of hydrogen-bond acceptors (Lipinski definition) is 6. The van der Waals surface area contributed by atoms with Crippen LogP contribution in [0.15, 0.2) is 60.9 Å². The fourth-order valence-electron chi connectivity index (χ4n) is 5.44. The number of nitrogens with zero attached hydrogens (tertiary/aromatic N) is 5. The van der Waals surface area contributed by atoms with E-state index < -0.39 is 17.6 Å². The second-order valence-corrected chi connectivity index (χ2v) is 11.2. The first-order chi connectivity index (χ1) is 20.7. The highest BCUT2D eigenvalue weighted by atomic mass is 19.1. The number of aromatic nitrogens is 5. The number of carboxylic acids is 1. The van der Waals surface area contributed by atoms with E-state index in [2.05, 4.69) is 25.0 Å². The van der Waals surface area contributed by atoms with Crippen LogP contribution in [0.5, 0.6) is 6.01 Å². The zero-order valence-electron chi connectivity index (χ0n) is 23.9. The van der Waals surface area contributed by atoms with Crippen LogP contribution >= 0.6 is 0 Å². The highest BCUT2D eigenvalue weighted by Crippen LogP contribution is 2.34. The Labute approximate surface area is 247 Å². The van der Waals surface area contributed by atoms with Gasteiger partial charge in [-0.1, -0.05) is 48.5 Å². The van der Waals surface area contributed by atoms with Gasteiger partial charge in [0.1, 0.15) is 23.8 Å². The standard InChI is InChI=1S/C32H32F2N6O3/c1-39(2)15-16-40-18-35-30(38-40)22-9-5-20(6-10-22)19-3-7-21(8-4-19)27-25(33)17-26-29(28(27)34)37-32(36-26)43-24-13-11-23(12-14-24)31(41)42/h3-10,17-18,23-24H,11-16H2,1-2H3,(H,36,37)(H,41,42). The lowest BCUT2D eigenvalue weighted by Gasteiger charge is -2.25. The molecule has 5 aromatic rings. The van der Waals surface area contributed by atoms with Gasteiger partial charge in [-0.3, -0.25) is 9.48 Å². The Hall–Kier alpha value is -4.64. The fourth-order valence-corrected chi connectivity index (χ4v) is 5.44. The first kappa shape index (κ1) is 28.5. The van der Waals surface area contributed by atoms with Gasteiger partial charge in [0.05, 0.1) is 23.5 Å². The van der Waals surface area contributed by atoms with Gasteiger partial charge < -0.3 is 19.7 Å². The molecule has 0 unspecified atom stereocenters. The van der Waals surface area contributed by atoms with E-state index in [4.69, 9.17) is 4.74 Å². The molecule has 0 radical (unpaired) electrons. The number of likely N-dealkylation sites (N-methyl/N-ethyl adjacent to an activating group) is 1. The van der Waals surface area contributed by atoms with Gasteiger partial charge >= 0.3 is 5.97 Å². The number of aliphatic carboxylic acids is 1. The summed E-state index contributed by atoms with van der Waals surface area (Å²) in [5.41, 5.74) is 3.16. The number of halogens is 2. The topological polar surface area (TPSA) is 109 Å². The molecule has 0 amide bonds. The van der Waals surface area contributed by atoms with Crippen LogP contribution in [0.25, 0.3) is 44.7 Å². The summed E-state index contributed by atoms with van der Waals surface area (Å²) in [4.78, 5) is 24.8. The predicted molar refractivity (Wildman–Crippen MR) is 158 cm³/mol. The summed E-state index contributed by atoms with van der Waals surface area (Å²) >= 11 is 0. The van der Waals surface area contributed by atoms with Gasteiger partial charge in [0.2, 0.25) is 0 Å². The van der Waals surface area contributed by atoms with E-state index >= 15 is 8.78 Å². The lowest BCUT2D eigenvalue weighted by molar-refractivity contribution is -0.143. The van der Waals surface area contributed by atoms with Crippen LogP contribution in [0, 0.1) is 17.6 Å². The van der Waals surface area contributed by atoms with Crippen molar-refractivity contribution in [1.82, 2.24) is 29.6 Å². The molecular weight excluding hydrogens is 554 g/mol. The minimum Gasteiger partial charge on any atom is -0.481 e. The Bertz CT molecular complexity index is 1740. The minimum atomic E-state index is -0.800. The van der Waals surface area contributed by atoms with E-state index in [0.29, 0.717) is 37.1 Å². The number of rotatable bonds is 9. The number of H-pyrrole nitrogens is 1. The number of carboxylic acid groups (broad SMARTS) is 1.